The van der Waals surface area contributed by atoms with Crippen LogP contribution in [0.1, 0.15) is 5.56 Å². The van der Waals surface area contributed by atoms with Crippen LogP contribution in [-0.2, 0) is 6.18 Å². The van der Waals surface area contributed by atoms with E-state index in [4.69, 9.17) is 4.74 Å². The summed E-state index contributed by atoms with van der Waals surface area (Å²) in [7, 11) is 1.69. The van der Waals surface area contributed by atoms with Crippen molar-refractivity contribution in [3.63, 3.8) is 0 Å². The molecule has 5 nitrogen and oxygen atoms in total. The van der Waals surface area contributed by atoms with Gasteiger partial charge in [-0.3, -0.25) is 4.79 Å². The van der Waals surface area contributed by atoms with E-state index in [0.29, 0.717) is 21.9 Å². The van der Waals surface area contributed by atoms with Gasteiger partial charge < -0.3 is 14.2 Å². The molecule has 3 aromatic rings. The van der Waals surface area contributed by atoms with Crippen LogP contribution in [0.25, 0.3) is 0 Å². The number of aromatic nitrogens is 1. The fourth-order valence-electron chi connectivity index (χ4n) is 2.34. The van der Waals surface area contributed by atoms with Crippen LogP contribution in [0.5, 0.6) is 11.5 Å². The van der Waals surface area contributed by atoms with E-state index in [-0.39, 0.29) is 0 Å². The number of ether oxygens (including phenoxy) is 1. The number of halogens is 3. The lowest BCUT2D eigenvalue weighted by molar-refractivity contribution is -0.137. The Morgan fingerprint density at radius 1 is 1.00 bits per heavy atom. The quantitative estimate of drug-likeness (QED) is 0.474. The first kappa shape index (κ1) is 19.7. The summed E-state index contributed by atoms with van der Waals surface area (Å²) >= 11 is 1.27. The molecule has 0 aliphatic carbocycles. The first-order valence-corrected chi connectivity index (χ1v) is 8.79. The molecule has 0 spiro atoms. The van der Waals surface area contributed by atoms with Crippen LogP contribution in [0, 0.1) is 0 Å². The average Bonchev–Trinajstić information content (AvgIpc) is 2.65. The molecule has 146 valence electrons. The van der Waals surface area contributed by atoms with Crippen LogP contribution in [0.4, 0.5) is 18.9 Å². The van der Waals surface area contributed by atoms with Gasteiger partial charge in [0.05, 0.1) is 5.56 Å². The molecular weight excluding hydrogens is 393 g/mol. The summed E-state index contributed by atoms with van der Waals surface area (Å²) < 4.78 is 45.4. The number of hydrogen-bond donors (Lipinski definition) is 1. The van der Waals surface area contributed by atoms with Gasteiger partial charge in [0, 0.05) is 18.1 Å². The van der Waals surface area contributed by atoms with Gasteiger partial charge in [-0.15, -0.1) is 0 Å². The van der Waals surface area contributed by atoms with E-state index in [2.05, 4.69) is 0 Å². The molecule has 1 heterocycles. The van der Waals surface area contributed by atoms with E-state index < -0.39 is 17.3 Å². The second-order valence-electron chi connectivity index (χ2n) is 5.73. The molecule has 0 aliphatic heterocycles. The van der Waals surface area contributed by atoms with Gasteiger partial charge in [-0.05, 0) is 72.6 Å². The Bertz CT molecular complexity index is 1000. The monoisotopic (exact) mass is 408 g/mol. The van der Waals surface area contributed by atoms with Crippen LogP contribution >= 0.6 is 11.9 Å². The molecule has 3 rings (SSSR count). The van der Waals surface area contributed by atoms with Gasteiger partial charge in [0.2, 0.25) is 0 Å². The van der Waals surface area contributed by atoms with Crippen molar-refractivity contribution in [2.45, 2.75) is 11.1 Å². The van der Waals surface area contributed by atoms with Crippen LogP contribution in [-0.4, -0.2) is 17.0 Å². The molecule has 0 unspecified atom stereocenters. The minimum absolute atomic E-state index is 0.290. The molecule has 1 aromatic heterocycles. The number of alkyl halides is 3. The third-order valence-electron chi connectivity index (χ3n) is 3.73. The van der Waals surface area contributed by atoms with Gasteiger partial charge in [-0.25, -0.2) is 0 Å². The third-order valence-corrected chi connectivity index (χ3v) is 4.68. The molecule has 0 amide bonds. The van der Waals surface area contributed by atoms with Gasteiger partial charge in [0.15, 0.2) is 0 Å². The van der Waals surface area contributed by atoms with Crippen molar-refractivity contribution in [1.82, 2.24) is 4.73 Å². The molecule has 2 aromatic carbocycles. The van der Waals surface area contributed by atoms with E-state index in [1.165, 1.54) is 30.3 Å². The standard InChI is InChI=1S/C19H15F3N2O3S/c1-23(17-3-2-12-24(26)18(17)25)28-16-10-8-15(9-11-16)27-14-6-4-13(5-7-14)19(20,21)22/h2-12,26H,1H3. The number of rotatable bonds is 5. The highest BCUT2D eigenvalue weighted by molar-refractivity contribution is 8.00. The lowest BCUT2D eigenvalue weighted by Crippen LogP contribution is -2.23. The Morgan fingerprint density at radius 3 is 2.14 bits per heavy atom. The van der Waals surface area contributed by atoms with Crippen molar-refractivity contribution in [2.24, 2.45) is 0 Å². The highest BCUT2D eigenvalue weighted by Crippen LogP contribution is 2.32. The van der Waals surface area contributed by atoms with Crippen LogP contribution in [0.2, 0.25) is 0 Å². The lowest BCUT2D eigenvalue weighted by Gasteiger charge is -2.17. The molecule has 0 aliphatic rings. The average molecular weight is 408 g/mol. The SMILES string of the molecule is CN(Sc1ccc(Oc2ccc(C(F)(F)F)cc2)cc1)c1cccn(O)c1=O. The van der Waals surface area contributed by atoms with Crippen LogP contribution in [0.3, 0.4) is 0 Å². The van der Waals surface area contributed by atoms with E-state index in [1.54, 1.807) is 47.8 Å². The maximum atomic E-state index is 12.6. The molecule has 1 N–H and O–H groups in total. The molecule has 9 heteroatoms. The summed E-state index contributed by atoms with van der Waals surface area (Å²) in [6.45, 7) is 0. The summed E-state index contributed by atoms with van der Waals surface area (Å²) in [5.41, 5.74) is -0.975. The molecule has 0 radical (unpaired) electrons. The van der Waals surface area contributed by atoms with Crippen molar-refractivity contribution in [2.75, 3.05) is 11.4 Å². The topological polar surface area (TPSA) is 54.7 Å². The molecule has 0 bridgehead atoms. The summed E-state index contributed by atoms with van der Waals surface area (Å²) in [5, 5.41) is 9.44. The van der Waals surface area contributed by atoms with Crippen molar-refractivity contribution in [3.05, 3.63) is 82.8 Å². The van der Waals surface area contributed by atoms with Gasteiger partial charge in [0.25, 0.3) is 0 Å². The predicted molar refractivity (Wildman–Crippen MR) is 100 cm³/mol. The number of pyridine rings is 1. The Hall–Kier alpha value is -3.07. The fraction of sp³-hybridized carbons (Fsp3) is 0.105. The zero-order chi connectivity index (χ0) is 20.3. The number of hydrogen-bond acceptors (Lipinski definition) is 5. The van der Waals surface area contributed by atoms with Crippen molar-refractivity contribution in [1.29, 1.82) is 0 Å². The maximum Gasteiger partial charge on any atom is 0.416 e. The minimum atomic E-state index is -4.39. The minimum Gasteiger partial charge on any atom is -0.457 e. The summed E-state index contributed by atoms with van der Waals surface area (Å²) in [4.78, 5) is 12.7. The Kier molecular flexibility index (Phi) is 5.55. The Morgan fingerprint density at radius 2 is 1.57 bits per heavy atom. The lowest BCUT2D eigenvalue weighted by atomic mass is 10.2. The summed E-state index contributed by atoms with van der Waals surface area (Å²) in [6, 6.07) is 14.4. The molecule has 0 saturated carbocycles. The molecule has 0 fully saturated rings. The normalized spacial score (nSPS) is 11.3. The first-order valence-electron chi connectivity index (χ1n) is 8.02. The second-order valence-corrected chi connectivity index (χ2v) is 6.93. The van der Waals surface area contributed by atoms with Crippen LogP contribution < -0.4 is 14.6 Å². The van der Waals surface area contributed by atoms with E-state index in [1.807, 2.05) is 0 Å². The number of anilines is 1. The molecule has 0 atom stereocenters. The zero-order valence-electron chi connectivity index (χ0n) is 14.6. The van der Waals surface area contributed by atoms with Crippen molar-refractivity contribution in [3.8, 4) is 11.5 Å². The summed E-state index contributed by atoms with van der Waals surface area (Å²) in [6.07, 6.45) is -3.14. The van der Waals surface area contributed by atoms with Gasteiger partial charge >= 0.3 is 11.7 Å². The molecular formula is C19H15F3N2O3S. The largest absolute Gasteiger partial charge is 0.457 e. The van der Waals surface area contributed by atoms with Gasteiger partial charge in [0.1, 0.15) is 17.2 Å². The van der Waals surface area contributed by atoms with E-state index in [0.717, 1.165) is 17.0 Å². The Labute approximate surface area is 162 Å². The number of nitrogens with zero attached hydrogens (tertiary/aromatic N) is 2. The van der Waals surface area contributed by atoms with Crippen molar-refractivity contribution < 1.29 is 23.1 Å². The Balaban J connectivity index is 1.66. The third kappa shape index (κ3) is 4.61. The van der Waals surface area contributed by atoms with Crippen molar-refractivity contribution >= 4 is 17.6 Å². The van der Waals surface area contributed by atoms with E-state index in [9.17, 15) is 23.2 Å². The predicted octanol–water partition coefficient (Wildman–Crippen LogP) is 5.04. The first-order chi connectivity index (χ1) is 13.2. The van der Waals surface area contributed by atoms with Crippen LogP contribution in [0.15, 0.2) is 76.6 Å². The second kappa shape index (κ2) is 7.89. The highest BCUT2D eigenvalue weighted by Gasteiger charge is 2.30. The molecule has 0 saturated heterocycles. The number of benzene rings is 2. The smallest absolute Gasteiger partial charge is 0.416 e. The summed E-state index contributed by atoms with van der Waals surface area (Å²) in [5.74, 6) is 0.752. The highest BCUT2D eigenvalue weighted by atomic mass is 32.2. The maximum absolute atomic E-state index is 12.6. The zero-order valence-corrected chi connectivity index (χ0v) is 15.4. The van der Waals surface area contributed by atoms with Gasteiger partial charge in [-0.2, -0.15) is 17.9 Å². The fourth-order valence-corrected chi connectivity index (χ4v) is 3.15. The van der Waals surface area contributed by atoms with E-state index >= 15 is 0 Å². The molecule has 28 heavy (non-hydrogen) atoms. The van der Waals surface area contributed by atoms with Gasteiger partial charge in [-0.1, -0.05) is 0 Å².